The number of hydrogen-bond acceptors (Lipinski definition) is 6. The molecule has 8 nitrogen and oxygen atoms in total. The second-order valence-electron chi connectivity index (χ2n) is 8.29. The first-order valence-corrected chi connectivity index (χ1v) is 13.0. The van der Waals surface area contributed by atoms with Gasteiger partial charge in [0.25, 0.3) is 5.91 Å². The van der Waals surface area contributed by atoms with Crippen LogP contribution in [0, 0.1) is 6.92 Å². The number of carbonyl (C=O) groups excluding carboxylic acids is 1. The van der Waals surface area contributed by atoms with Gasteiger partial charge in [-0.25, -0.2) is 13.8 Å². The van der Waals surface area contributed by atoms with Gasteiger partial charge in [0.2, 0.25) is 10.0 Å². The van der Waals surface area contributed by atoms with Gasteiger partial charge in [-0.05, 0) is 62.6 Å². The highest BCUT2D eigenvalue weighted by Gasteiger charge is 2.33. The summed E-state index contributed by atoms with van der Waals surface area (Å²) in [6.07, 6.45) is 5.95. The molecule has 0 aliphatic heterocycles. The van der Waals surface area contributed by atoms with E-state index in [1.165, 1.54) is 10.5 Å². The number of hydrogen-bond donors (Lipinski definition) is 1. The number of nitrogens with one attached hydrogen (secondary N) is 1. The highest BCUT2D eigenvalue weighted by molar-refractivity contribution is 7.89. The second-order valence-corrected chi connectivity index (χ2v) is 10.2. The molecule has 0 bridgehead atoms. The summed E-state index contributed by atoms with van der Waals surface area (Å²) in [5.74, 6) is 0.691. The van der Waals surface area contributed by atoms with Crippen molar-refractivity contribution in [3.63, 3.8) is 0 Å². The monoisotopic (exact) mass is 487 g/mol. The van der Waals surface area contributed by atoms with E-state index in [1.807, 2.05) is 13.8 Å². The van der Waals surface area contributed by atoms with Crippen molar-refractivity contribution >= 4 is 22.1 Å². The molecule has 9 heteroatoms. The molecule has 1 saturated carbocycles. The number of amides is 1. The fourth-order valence-electron chi connectivity index (χ4n) is 4.02. The number of hydrazone groups is 1. The molecule has 1 aliphatic carbocycles. The first-order chi connectivity index (χ1) is 16.3. The van der Waals surface area contributed by atoms with E-state index in [0.29, 0.717) is 23.7 Å². The van der Waals surface area contributed by atoms with Crippen LogP contribution in [0.2, 0.25) is 0 Å². The molecule has 0 heterocycles. The minimum absolute atomic E-state index is 0.196. The zero-order valence-corrected chi connectivity index (χ0v) is 20.8. The van der Waals surface area contributed by atoms with E-state index in [0.717, 1.165) is 37.7 Å². The summed E-state index contributed by atoms with van der Waals surface area (Å²) >= 11 is 0. The largest absolute Gasteiger partial charge is 0.493 e. The molecule has 0 radical (unpaired) electrons. The zero-order chi connectivity index (χ0) is 24.6. The summed E-state index contributed by atoms with van der Waals surface area (Å²) in [6, 6.07) is 11.8. The average Bonchev–Trinajstić information content (AvgIpc) is 2.84. The van der Waals surface area contributed by atoms with Crippen molar-refractivity contribution in [2.24, 2.45) is 5.10 Å². The van der Waals surface area contributed by atoms with Crippen molar-refractivity contribution in [1.29, 1.82) is 0 Å². The maximum absolute atomic E-state index is 13.4. The van der Waals surface area contributed by atoms with Crippen LogP contribution in [0.15, 0.2) is 52.5 Å². The molecule has 1 fully saturated rings. The average molecular weight is 488 g/mol. The maximum atomic E-state index is 13.4. The Kier molecular flexibility index (Phi) is 9.06. The number of ether oxygens (including phenoxy) is 2. The SMILES string of the molecule is CCOc1ccc(/C=N\NC(=O)CN(C2CCCCC2)S(=O)(=O)c2ccc(C)cc2)cc1OC. The molecule has 0 aromatic heterocycles. The third-order valence-electron chi connectivity index (χ3n) is 5.80. The summed E-state index contributed by atoms with van der Waals surface area (Å²) in [4.78, 5) is 12.9. The molecule has 3 rings (SSSR count). The number of sulfonamides is 1. The molecule has 2 aromatic carbocycles. The van der Waals surface area contributed by atoms with Crippen molar-refractivity contribution in [2.75, 3.05) is 20.3 Å². The van der Waals surface area contributed by atoms with Gasteiger partial charge in [0.05, 0.1) is 31.4 Å². The van der Waals surface area contributed by atoms with Gasteiger partial charge in [0, 0.05) is 6.04 Å². The van der Waals surface area contributed by atoms with Crippen molar-refractivity contribution in [1.82, 2.24) is 9.73 Å². The Bertz CT molecular complexity index is 1090. The van der Waals surface area contributed by atoms with Crippen molar-refractivity contribution < 1.29 is 22.7 Å². The van der Waals surface area contributed by atoms with E-state index in [9.17, 15) is 13.2 Å². The lowest BCUT2D eigenvalue weighted by atomic mass is 9.95. The van der Waals surface area contributed by atoms with Crippen molar-refractivity contribution in [3.05, 3.63) is 53.6 Å². The molecule has 1 N–H and O–H groups in total. The Morgan fingerprint density at radius 3 is 2.47 bits per heavy atom. The third-order valence-corrected chi connectivity index (χ3v) is 7.71. The second kappa shape index (κ2) is 12.0. The van der Waals surface area contributed by atoms with Crippen LogP contribution < -0.4 is 14.9 Å². The molecule has 0 saturated heterocycles. The molecule has 184 valence electrons. The van der Waals surface area contributed by atoms with Gasteiger partial charge in [-0.3, -0.25) is 4.79 Å². The summed E-state index contributed by atoms with van der Waals surface area (Å²) in [7, 11) is -2.27. The smallest absolute Gasteiger partial charge is 0.255 e. The molecular formula is C25H33N3O5S. The third kappa shape index (κ3) is 6.57. The van der Waals surface area contributed by atoms with Gasteiger partial charge in [0.1, 0.15) is 0 Å². The Labute approximate surface area is 202 Å². The van der Waals surface area contributed by atoms with E-state index in [1.54, 1.807) is 49.6 Å². The maximum Gasteiger partial charge on any atom is 0.255 e. The van der Waals surface area contributed by atoms with Gasteiger partial charge in [-0.15, -0.1) is 0 Å². The minimum atomic E-state index is -3.82. The lowest BCUT2D eigenvalue weighted by molar-refractivity contribution is -0.121. The molecule has 1 amide bonds. The highest BCUT2D eigenvalue weighted by Crippen LogP contribution is 2.28. The summed E-state index contributed by atoms with van der Waals surface area (Å²) in [5, 5.41) is 4.01. The summed E-state index contributed by atoms with van der Waals surface area (Å²) < 4.78 is 39.0. The van der Waals surface area contributed by atoms with Crippen LogP contribution in [0.1, 0.15) is 50.2 Å². The normalized spacial score (nSPS) is 14.9. The molecule has 0 unspecified atom stereocenters. The first kappa shape index (κ1) is 25.7. The Hall–Kier alpha value is -2.91. The molecule has 0 atom stereocenters. The summed E-state index contributed by atoms with van der Waals surface area (Å²) in [5.41, 5.74) is 4.14. The fourth-order valence-corrected chi connectivity index (χ4v) is 5.66. The molecule has 2 aromatic rings. The van der Waals surface area contributed by atoms with E-state index >= 15 is 0 Å². The van der Waals surface area contributed by atoms with Crippen LogP contribution in [0.4, 0.5) is 0 Å². The van der Waals surface area contributed by atoms with Gasteiger partial charge in [-0.1, -0.05) is 37.0 Å². The lowest BCUT2D eigenvalue weighted by Crippen LogP contribution is -2.46. The van der Waals surface area contributed by atoms with Gasteiger partial charge in [0.15, 0.2) is 11.5 Å². The zero-order valence-electron chi connectivity index (χ0n) is 20.0. The van der Waals surface area contributed by atoms with Crippen molar-refractivity contribution in [2.45, 2.75) is 56.9 Å². The Balaban J connectivity index is 1.72. The topological polar surface area (TPSA) is 97.3 Å². The van der Waals surface area contributed by atoms with E-state index < -0.39 is 15.9 Å². The fraction of sp³-hybridized carbons (Fsp3) is 0.440. The number of benzene rings is 2. The number of rotatable bonds is 10. The van der Waals surface area contributed by atoms with E-state index in [4.69, 9.17) is 9.47 Å². The highest BCUT2D eigenvalue weighted by atomic mass is 32.2. The molecular weight excluding hydrogens is 454 g/mol. The minimum Gasteiger partial charge on any atom is -0.493 e. The van der Waals surface area contributed by atoms with Gasteiger partial charge < -0.3 is 9.47 Å². The number of aryl methyl sites for hydroxylation is 1. The van der Waals surface area contributed by atoms with Crippen LogP contribution in [-0.2, 0) is 14.8 Å². The standard InChI is InChI=1S/C25H33N3O5S/c1-4-33-23-15-12-20(16-24(23)32-3)17-26-27-25(29)18-28(21-8-6-5-7-9-21)34(30,31)22-13-10-19(2)11-14-22/h10-17,21H,4-9,18H2,1-3H3,(H,27,29)/b26-17-. The Morgan fingerprint density at radius 1 is 1.12 bits per heavy atom. The van der Waals surface area contributed by atoms with Crippen LogP contribution in [-0.4, -0.2) is 51.1 Å². The first-order valence-electron chi connectivity index (χ1n) is 11.6. The Morgan fingerprint density at radius 2 is 1.82 bits per heavy atom. The lowest BCUT2D eigenvalue weighted by Gasteiger charge is -2.32. The molecule has 0 spiro atoms. The van der Waals surface area contributed by atoms with Gasteiger partial charge in [-0.2, -0.15) is 9.41 Å². The van der Waals surface area contributed by atoms with Crippen LogP contribution in [0.3, 0.4) is 0 Å². The quantitative estimate of drug-likeness (QED) is 0.405. The number of nitrogens with zero attached hydrogens (tertiary/aromatic N) is 2. The van der Waals surface area contributed by atoms with Crippen LogP contribution in [0.5, 0.6) is 11.5 Å². The number of methoxy groups -OCH3 is 1. The van der Waals surface area contributed by atoms with Gasteiger partial charge >= 0.3 is 0 Å². The van der Waals surface area contributed by atoms with Crippen LogP contribution in [0.25, 0.3) is 0 Å². The number of carbonyl (C=O) groups is 1. The van der Waals surface area contributed by atoms with Crippen LogP contribution >= 0.6 is 0 Å². The van der Waals surface area contributed by atoms with Crippen molar-refractivity contribution in [3.8, 4) is 11.5 Å². The predicted octanol–water partition coefficient (Wildman–Crippen LogP) is 3.88. The van der Waals surface area contributed by atoms with E-state index in [-0.39, 0.29) is 17.5 Å². The predicted molar refractivity (Wildman–Crippen MR) is 132 cm³/mol. The van der Waals surface area contributed by atoms with E-state index in [2.05, 4.69) is 10.5 Å². The molecule has 34 heavy (non-hydrogen) atoms. The summed E-state index contributed by atoms with van der Waals surface area (Å²) in [6.45, 7) is 4.02. The molecule has 1 aliphatic rings.